The van der Waals surface area contributed by atoms with Gasteiger partial charge in [-0.2, -0.15) is 0 Å². The SMILES string of the molecule is c1ccc(-c2ccc(N(c3ccccc3)c3ccc(-c4ccccc4-c4ccccc4-c4ccc(N(c5ccccc5)c5ccc(-c6ccccc6)cc5)cc4-c4ccccc4)cc3)cc2)cc1. The minimum Gasteiger partial charge on any atom is -0.311 e. The fraction of sp³-hybridized carbons (Fsp3) is 0. The third-order valence-electron chi connectivity index (χ3n) is 12.7. The van der Waals surface area contributed by atoms with Gasteiger partial charge in [0, 0.05) is 34.1 Å². The molecule has 0 bridgehead atoms. The molecule has 0 heterocycles. The predicted molar refractivity (Wildman–Crippen MR) is 288 cm³/mol. The number of hydrogen-bond donors (Lipinski definition) is 0. The Kier molecular flexibility index (Phi) is 11.8. The first kappa shape index (κ1) is 41.7. The first-order chi connectivity index (χ1) is 33.7. The Morgan fingerprint density at radius 1 is 0.147 bits per heavy atom. The van der Waals surface area contributed by atoms with Crippen LogP contribution in [0.3, 0.4) is 0 Å². The summed E-state index contributed by atoms with van der Waals surface area (Å²) in [4.78, 5) is 4.68. The summed E-state index contributed by atoms with van der Waals surface area (Å²) in [5, 5.41) is 0. The molecular weight excluding hydrogens is 821 g/mol. The summed E-state index contributed by atoms with van der Waals surface area (Å²) >= 11 is 0. The van der Waals surface area contributed by atoms with E-state index >= 15 is 0 Å². The molecule has 11 rings (SSSR count). The van der Waals surface area contributed by atoms with Crippen molar-refractivity contribution >= 4 is 34.1 Å². The average molecular weight is 869 g/mol. The maximum atomic E-state index is 2.36. The Morgan fingerprint density at radius 2 is 0.397 bits per heavy atom. The highest BCUT2D eigenvalue weighted by Crippen LogP contribution is 2.45. The van der Waals surface area contributed by atoms with E-state index in [-0.39, 0.29) is 0 Å². The lowest BCUT2D eigenvalue weighted by Crippen LogP contribution is -2.10. The quantitative estimate of drug-likeness (QED) is 0.121. The molecular formula is C66H48N2. The van der Waals surface area contributed by atoms with E-state index in [4.69, 9.17) is 0 Å². The smallest absolute Gasteiger partial charge is 0.0468 e. The fourth-order valence-electron chi connectivity index (χ4n) is 9.39. The van der Waals surface area contributed by atoms with Crippen LogP contribution in [0.25, 0.3) is 66.8 Å². The molecule has 0 saturated heterocycles. The van der Waals surface area contributed by atoms with Gasteiger partial charge in [0.1, 0.15) is 0 Å². The monoisotopic (exact) mass is 868 g/mol. The standard InChI is InChI=1S/C66H48N2/c1-6-20-49(21-7-1)51-34-40-57(41-35-51)67(55-26-12-4-13-27-55)58-44-38-54(39-45-58)61-30-16-17-31-62(61)63-32-18-19-33-64(63)65-47-46-60(48-66(65)53-24-10-3-11-25-53)68(56-28-14-5-15-29-56)59-42-36-52(37-43-59)50-22-8-2-9-23-50/h1-48H. The van der Waals surface area contributed by atoms with Gasteiger partial charge in [-0.1, -0.05) is 218 Å². The van der Waals surface area contributed by atoms with Gasteiger partial charge in [-0.3, -0.25) is 0 Å². The molecule has 0 aliphatic rings. The first-order valence-corrected chi connectivity index (χ1v) is 23.3. The van der Waals surface area contributed by atoms with Gasteiger partial charge in [-0.05, 0) is 140 Å². The van der Waals surface area contributed by atoms with Crippen molar-refractivity contribution in [3.8, 4) is 66.8 Å². The van der Waals surface area contributed by atoms with Crippen LogP contribution in [0.1, 0.15) is 0 Å². The van der Waals surface area contributed by atoms with Gasteiger partial charge in [-0.25, -0.2) is 0 Å². The fourth-order valence-corrected chi connectivity index (χ4v) is 9.39. The molecule has 0 radical (unpaired) electrons. The van der Waals surface area contributed by atoms with E-state index in [1.54, 1.807) is 0 Å². The molecule has 11 aromatic rings. The second-order valence-corrected chi connectivity index (χ2v) is 16.9. The van der Waals surface area contributed by atoms with Crippen LogP contribution in [-0.2, 0) is 0 Å². The highest BCUT2D eigenvalue weighted by atomic mass is 15.1. The number of hydrogen-bond acceptors (Lipinski definition) is 2. The zero-order valence-corrected chi connectivity index (χ0v) is 37.6. The molecule has 322 valence electrons. The topological polar surface area (TPSA) is 6.48 Å². The summed E-state index contributed by atoms with van der Waals surface area (Å²) in [6.07, 6.45) is 0. The zero-order valence-electron chi connectivity index (χ0n) is 37.6. The van der Waals surface area contributed by atoms with Crippen LogP contribution in [0.2, 0.25) is 0 Å². The third kappa shape index (κ3) is 8.63. The van der Waals surface area contributed by atoms with Crippen molar-refractivity contribution in [2.24, 2.45) is 0 Å². The molecule has 2 nitrogen and oxygen atoms in total. The van der Waals surface area contributed by atoms with Crippen molar-refractivity contribution in [1.29, 1.82) is 0 Å². The lowest BCUT2D eigenvalue weighted by atomic mass is 9.86. The number of benzene rings is 11. The summed E-state index contributed by atoms with van der Waals surface area (Å²) in [5.74, 6) is 0. The van der Waals surface area contributed by atoms with E-state index in [1.807, 2.05) is 0 Å². The Hall–Kier alpha value is -8.98. The lowest BCUT2D eigenvalue weighted by Gasteiger charge is -2.27. The van der Waals surface area contributed by atoms with Crippen LogP contribution in [-0.4, -0.2) is 0 Å². The molecule has 68 heavy (non-hydrogen) atoms. The van der Waals surface area contributed by atoms with Gasteiger partial charge in [0.15, 0.2) is 0 Å². The van der Waals surface area contributed by atoms with Gasteiger partial charge in [-0.15, -0.1) is 0 Å². The third-order valence-corrected chi connectivity index (χ3v) is 12.7. The second kappa shape index (κ2) is 19.2. The molecule has 0 saturated carbocycles. The number of para-hydroxylation sites is 2. The van der Waals surface area contributed by atoms with E-state index in [2.05, 4.69) is 301 Å². The Balaban J connectivity index is 0.977. The van der Waals surface area contributed by atoms with Crippen LogP contribution in [0.5, 0.6) is 0 Å². The second-order valence-electron chi connectivity index (χ2n) is 16.9. The van der Waals surface area contributed by atoms with Gasteiger partial charge in [0.05, 0.1) is 0 Å². The molecule has 0 atom stereocenters. The largest absolute Gasteiger partial charge is 0.311 e. The van der Waals surface area contributed by atoms with Crippen molar-refractivity contribution in [3.05, 3.63) is 291 Å². The van der Waals surface area contributed by atoms with Crippen molar-refractivity contribution in [2.75, 3.05) is 9.80 Å². The highest BCUT2D eigenvalue weighted by Gasteiger charge is 2.20. The molecule has 0 unspecified atom stereocenters. The molecule has 0 aromatic heterocycles. The van der Waals surface area contributed by atoms with Gasteiger partial charge in [0.25, 0.3) is 0 Å². The molecule has 0 fully saturated rings. The van der Waals surface area contributed by atoms with Crippen LogP contribution in [0, 0.1) is 0 Å². The Labute approximate surface area is 400 Å². The highest BCUT2D eigenvalue weighted by molar-refractivity contribution is 5.97. The number of nitrogens with zero attached hydrogens (tertiary/aromatic N) is 2. The minimum absolute atomic E-state index is 1.08. The van der Waals surface area contributed by atoms with Gasteiger partial charge in [0.2, 0.25) is 0 Å². The van der Waals surface area contributed by atoms with E-state index in [1.165, 1.54) is 50.1 Å². The molecule has 0 N–H and O–H groups in total. The lowest BCUT2D eigenvalue weighted by molar-refractivity contribution is 1.28. The molecule has 0 amide bonds. The average Bonchev–Trinajstić information content (AvgIpc) is 3.43. The molecule has 0 aliphatic heterocycles. The van der Waals surface area contributed by atoms with E-state index < -0.39 is 0 Å². The summed E-state index contributed by atoms with van der Waals surface area (Å²) in [5.41, 5.74) is 20.7. The normalized spacial score (nSPS) is 10.9. The van der Waals surface area contributed by atoms with E-state index in [9.17, 15) is 0 Å². The molecule has 11 aromatic carbocycles. The summed E-state index contributed by atoms with van der Waals surface area (Å²) < 4.78 is 0. The molecule has 0 aliphatic carbocycles. The first-order valence-electron chi connectivity index (χ1n) is 23.3. The summed E-state index contributed by atoms with van der Waals surface area (Å²) in [6.45, 7) is 0. The van der Waals surface area contributed by atoms with Crippen LogP contribution < -0.4 is 9.80 Å². The predicted octanol–water partition coefficient (Wildman–Crippen LogP) is 18.6. The van der Waals surface area contributed by atoms with E-state index in [0.717, 1.165) is 50.8 Å². The van der Waals surface area contributed by atoms with Crippen molar-refractivity contribution in [2.45, 2.75) is 0 Å². The summed E-state index contributed by atoms with van der Waals surface area (Å²) in [6, 6.07) is 105. The summed E-state index contributed by atoms with van der Waals surface area (Å²) in [7, 11) is 0. The van der Waals surface area contributed by atoms with Crippen molar-refractivity contribution in [1.82, 2.24) is 0 Å². The molecule has 2 heteroatoms. The van der Waals surface area contributed by atoms with Gasteiger partial charge < -0.3 is 9.80 Å². The maximum absolute atomic E-state index is 2.36. The van der Waals surface area contributed by atoms with Crippen LogP contribution in [0.15, 0.2) is 291 Å². The number of anilines is 6. The zero-order chi connectivity index (χ0) is 45.5. The van der Waals surface area contributed by atoms with E-state index in [0.29, 0.717) is 0 Å². The Morgan fingerprint density at radius 3 is 0.824 bits per heavy atom. The van der Waals surface area contributed by atoms with Crippen molar-refractivity contribution in [3.63, 3.8) is 0 Å². The molecule has 0 spiro atoms. The Bertz CT molecular complexity index is 3390. The van der Waals surface area contributed by atoms with Gasteiger partial charge >= 0.3 is 0 Å². The minimum atomic E-state index is 1.08. The number of rotatable bonds is 12. The van der Waals surface area contributed by atoms with Crippen LogP contribution in [0.4, 0.5) is 34.1 Å². The van der Waals surface area contributed by atoms with Crippen LogP contribution >= 0.6 is 0 Å². The maximum Gasteiger partial charge on any atom is 0.0468 e. The van der Waals surface area contributed by atoms with Crippen molar-refractivity contribution < 1.29 is 0 Å².